The number of halogens is 2. The topological polar surface area (TPSA) is 70.5 Å². The van der Waals surface area contributed by atoms with Gasteiger partial charge in [-0.15, -0.1) is 11.8 Å². The summed E-state index contributed by atoms with van der Waals surface area (Å²) in [6.07, 6.45) is 2.06. The first kappa shape index (κ1) is 14.9. The fraction of sp³-hybridized carbons (Fsp3) is 0.462. The number of carboxylic acid groups (broad SMARTS) is 1. The van der Waals surface area contributed by atoms with Gasteiger partial charge in [-0.25, -0.2) is 9.78 Å². The summed E-state index contributed by atoms with van der Waals surface area (Å²) < 4.78 is 0. The van der Waals surface area contributed by atoms with Crippen LogP contribution in [-0.2, 0) is 4.79 Å². The Kier molecular flexibility index (Phi) is 4.03. The number of carbonyl (C=O) groups excluding carboxylic acids is 1. The molecule has 8 heteroatoms. The Morgan fingerprint density at radius 3 is 2.62 bits per heavy atom. The van der Waals surface area contributed by atoms with Crippen LogP contribution in [0.4, 0.5) is 0 Å². The molecule has 2 atom stereocenters. The van der Waals surface area contributed by atoms with Crippen LogP contribution in [0.1, 0.15) is 23.2 Å². The van der Waals surface area contributed by atoms with Crippen LogP contribution in [0.25, 0.3) is 0 Å². The molecule has 0 spiro atoms. The number of carboxylic acids is 1. The smallest absolute Gasteiger partial charge is 0.327 e. The van der Waals surface area contributed by atoms with Crippen molar-refractivity contribution in [3.63, 3.8) is 0 Å². The lowest BCUT2D eigenvalue weighted by atomic mass is 10.2. The molecular formula is C13H12Cl2N2O3S. The molecular weight excluding hydrogens is 335 g/mol. The summed E-state index contributed by atoms with van der Waals surface area (Å²) in [6, 6.07) is 2.15. The first-order chi connectivity index (χ1) is 9.99. The highest BCUT2D eigenvalue weighted by atomic mass is 35.5. The normalized spacial score (nSPS) is 25.1. The molecule has 21 heavy (non-hydrogen) atoms. The molecule has 1 amide bonds. The summed E-state index contributed by atoms with van der Waals surface area (Å²) in [6.45, 7) is 0. The second kappa shape index (κ2) is 5.66. The third-order valence-electron chi connectivity index (χ3n) is 3.62. The number of rotatable bonds is 3. The molecule has 0 bridgehead atoms. The van der Waals surface area contributed by atoms with Crippen molar-refractivity contribution in [1.82, 2.24) is 9.88 Å². The summed E-state index contributed by atoms with van der Waals surface area (Å²) >= 11 is 13.2. The molecule has 1 saturated heterocycles. The van der Waals surface area contributed by atoms with Crippen molar-refractivity contribution in [1.29, 1.82) is 0 Å². The van der Waals surface area contributed by atoms with E-state index in [0.29, 0.717) is 11.7 Å². The summed E-state index contributed by atoms with van der Waals surface area (Å²) in [5, 5.41) is 9.44. The van der Waals surface area contributed by atoms with Gasteiger partial charge in [0, 0.05) is 5.75 Å². The van der Waals surface area contributed by atoms with Crippen LogP contribution in [0.2, 0.25) is 10.3 Å². The lowest BCUT2D eigenvalue weighted by Crippen LogP contribution is -2.46. The highest BCUT2D eigenvalue weighted by molar-refractivity contribution is 8.00. The van der Waals surface area contributed by atoms with Crippen molar-refractivity contribution < 1.29 is 14.7 Å². The Morgan fingerprint density at radius 2 is 2.05 bits per heavy atom. The van der Waals surface area contributed by atoms with Crippen LogP contribution < -0.4 is 0 Å². The zero-order chi connectivity index (χ0) is 15.1. The quantitative estimate of drug-likeness (QED) is 0.852. The molecule has 0 radical (unpaired) electrons. The second-order valence-electron chi connectivity index (χ2n) is 5.10. The number of pyridine rings is 1. The van der Waals surface area contributed by atoms with Gasteiger partial charge in [-0.05, 0) is 30.9 Å². The molecule has 112 valence electrons. The Bertz CT molecular complexity index is 609. The largest absolute Gasteiger partial charge is 0.480 e. The standard InChI is InChI=1S/C13H12Cl2N2O3S/c14-9-4-3-7(10(15)16-9)11(18)17-8(13(19)20)5-21-12(17)6-1-2-6/h3-4,6,8,12H,1-2,5H2,(H,19,20). The van der Waals surface area contributed by atoms with Crippen LogP contribution in [-0.4, -0.2) is 44.0 Å². The number of carbonyl (C=O) groups is 2. The van der Waals surface area contributed by atoms with Gasteiger partial charge in [0.25, 0.3) is 5.91 Å². The van der Waals surface area contributed by atoms with Gasteiger partial charge >= 0.3 is 5.97 Å². The lowest BCUT2D eigenvalue weighted by Gasteiger charge is -2.27. The van der Waals surface area contributed by atoms with Gasteiger partial charge in [0.15, 0.2) is 0 Å². The van der Waals surface area contributed by atoms with E-state index in [1.165, 1.54) is 28.8 Å². The van der Waals surface area contributed by atoms with Crippen LogP contribution in [0.3, 0.4) is 0 Å². The van der Waals surface area contributed by atoms with Crippen LogP contribution in [0, 0.1) is 5.92 Å². The molecule has 2 heterocycles. The van der Waals surface area contributed by atoms with Crippen LogP contribution in [0.15, 0.2) is 12.1 Å². The maximum atomic E-state index is 12.7. The fourth-order valence-electron chi connectivity index (χ4n) is 2.43. The zero-order valence-corrected chi connectivity index (χ0v) is 13.2. The van der Waals surface area contributed by atoms with Crippen molar-refractivity contribution in [2.75, 3.05) is 5.75 Å². The van der Waals surface area contributed by atoms with Gasteiger partial charge in [-0.3, -0.25) is 4.79 Å². The van der Waals surface area contributed by atoms with Crippen LogP contribution in [0.5, 0.6) is 0 Å². The molecule has 0 aromatic carbocycles. The Balaban J connectivity index is 1.93. The average Bonchev–Trinajstić information content (AvgIpc) is 3.16. The molecule has 1 aromatic heterocycles. The molecule has 3 rings (SSSR count). The number of hydrogen-bond acceptors (Lipinski definition) is 4. The minimum Gasteiger partial charge on any atom is -0.480 e. The third kappa shape index (κ3) is 2.84. The molecule has 1 aliphatic heterocycles. The number of aliphatic carboxylic acids is 1. The predicted octanol–water partition coefficient (Wildman–Crippen LogP) is 2.77. The van der Waals surface area contributed by atoms with Crippen molar-refractivity contribution >= 4 is 46.8 Å². The molecule has 2 unspecified atom stereocenters. The van der Waals surface area contributed by atoms with Crippen LogP contribution >= 0.6 is 35.0 Å². The van der Waals surface area contributed by atoms with E-state index in [4.69, 9.17) is 23.2 Å². The van der Waals surface area contributed by atoms with E-state index < -0.39 is 17.9 Å². The van der Waals surface area contributed by atoms with Crippen molar-refractivity contribution in [2.45, 2.75) is 24.3 Å². The van der Waals surface area contributed by atoms with E-state index in [-0.39, 0.29) is 21.2 Å². The summed E-state index contributed by atoms with van der Waals surface area (Å²) in [5.74, 6) is -0.598. The van der Waals surface area contributed by atoms with Crippen molar-refractivity contribution in [3.05, 3.63) is 28.0 Å². The van der Waals surface area contributed by atoms with Gasteiger partial charge in [0.05, 0.1) is 10.9 Å². The van der Waals surface area contributed by atoms with Gasteiger partial charge in [0.2, 0.25) is 0 Å². The molecule has 5 nitrogen and oxygen atoms in total. The van der Waals surface area contributed by atoms with Crippen molar-refractivity contribution in [3.8, 4) is 0 Å². The molecule has 1 saturated carbocycles. The number of hydrogen-bond donors (Lipinski definition) is 1. The number of aromatic nitrogens is 1. The maximum Gasteiger partial charge on any atom is 0.327 e. The number of amides is 1. The van der Waals surface area contributed by atoms with E-state index in [0.717, 1.165) is 12.8 Å². The van der Waals surface area contributed by atoms with E-state index in [9.17, 15) is 14.7 Å². The Morgan fingerprint density at radius 1 is 1.33 bits per heavy atom. The lowest BCUT2D eigenvalue weighted by molar-refractivity contribution is -0.141. The Labute approximate surface area is 135 Å². The molecule has 1 N–H and O–H groups in total. The summed E-state index contributed by atoms with van der Waals surface area (Å²) in [4.78, 5) is 29.4. The Hall–Kier alpha value is -0.980. The molecule has 1 aromatic rings. The van der Waals surface area contributed by atoms with Gasteiger partial charge in [-0.2, -0.15) is 0 Å². The average molecular weight is 347 g/mol. The minimum absolute atomic E-state index is 0.00286. The summed E-state index contributed by atoms with van der Waals surface area (Å²) in [5.41, 5.74) is 0.195. The highest BCUT2D eigenvalue weighted by Gasteiger charge is 2.48. The zero-order valence-electron chi connectivity index (χ0n) is 10.8. The van der Waals surface area contributed by atoms with Gasteiger partial charge in [0.1, 0.15) is 16.3 Å². The third-order valence-corrected chi connectivity index (χ3v) is 5.59. The van der Waals surface area contributed by atoms with E-state index in [1.807, 2.05) is 0 Å². The number of thioether (sulfide) groups is 1. The van der Waals surface area contributed by atoms with E-state index in [2.05, 4.69) is 4.98 Å². The minimum atomic E-state index is -0.989. The predicted molar refractivity (Wildman–Crippen MR) is 80.8 cm³/mol. The molecule has 1 aliphatic carbocycles. The number of nitrogens with zero attached hydrogens (tertiary/aromatic N) is 2. The van der Waals surface area contributed by atoms with E-state index in [1.54, 1.807) is 0 Å². The first-order valence-corrected chi connectivity index (χ1v) is 8.28. The molecule has 2 aliphatic rings. The van der Waals surface area contributed by atoms with Crippen molar-refractivity contribution in [2.24, 2.45) is 5.92 Å². The van der Waals surface area contributed by atoms with E-state index >= 15 is 0 Å². The first-order valence-electron chi connectivity index (χ1n) is 6.48. The summed E-state index contributed by atoms with van der Waals surface area (Å²) in [7, 11) is 0. The fourth-order valence-corrected chi connectivity index (χ4v) is 4.49. The molecule has 2 fully saturated rings. The highest BCUT2D eigenvalue weighted by Crippen LogP contribution is 2.46. The maximum absolute atomic E-state index is 12.7. The monoisotopic (exact) mass is 346 g/mol. The SMILES string of the molecule is O=C(O)C1CSC(C2CC2)N1C(=O)c1ccc(Cl)nc1Cl. The van der Waals surface area contributed by atoms with Gasteiger partial charge < -0.3 is 10.0 Å². The second-order valence-corrected chi connectivity index (χ2v) is 7.00. The van der Waals surface area contributed by atoms with Gasteiger partial charge in [-0.1, -0.05) is 23.2 Å².